The number of rotatable bonds is 1. The standard InChI is InChI=1S/C20H18N2O2/c1-13-5-2-6-14-8-4-10-22(19(13)14)20(24)16-12-17-15(11-18(16)23)7-3-9-21-17/h2-3,5-7,9,11-12,23H,4,8,10H2,1H3. The van der Waals surface area contributed by atoms with Crippen LogP contribution in [0.15, 0.2) is 48.7 Å². The number of anilines is 1. The molecule has 4 nitrogen and oxygen atoms in total. The van der Waals surface area contributed by atoms with E-state index in [1.165, 1.54) is 5.56 Å². The van der Waals surface area contributed by atoms with Crippen molar-refractivity contribution in [3.05, 3.63) is 65.4 Å². The Morgan fingerprint density at radius 3 is 2.96 bits per heavy atom. The van der Waals surface area contributed by atoms with E-state index in [1.807, 2.05) is 31.2 Å². The van der Waals surface area contributed by atoms with Crippen LogP contribution in [0.2, 0.25) is 0 Å². The number of amides is 1. The summed E-state index contributed by atoms with van der Waals surface area (Å²) in [5, 5.41) is 11.2. The molecule has 24 heavy (non-hydrogen) atoms. The number of hydrogen-bond donors (Lipinski definition) is 1. The lowest BCUT2D eigenvalue weighted by molar-refractivity contribution is 0.0982. The van der Waals surface area contributed by atoms with Crippen molar-refractivity contribution < 1.29 is 9.90 Å². The van der Waals surface area contributed by atoms with E-state index in [0.717, 1.165) is 29.5 Å². The molecule has 4 rings (SSSR count). The lowest BCUT2D eigenvalue weighted by atomic mass is 9.97. The second-order valence-electron chi connectivity index (χ2n) is 6.21. The molecule has 2 heterocycles. The first-order valence-corrected chi connectivity index (χ1v) is 8.13. The van der Waals surface area contributed by atoms with E-state index in [0.29, 0.717) is 17.6 Å². The molecule has 0 saturated heterocycles. The molecule has 4 heteroatoms. The maximum Gasteiger partial charge on any atom is 0.262 e. The van der Waals surface area contributed by atoms with Crippen LogP contribution in [-0.2, 0) is 6.42 Å². The summed E-state index contributed by atoms with van der Waals surface area (Å²) in [6.07, 6.45) is 3.59. The van der Waals surface area contributed by atoms with Gasteiger partial charge in [0.05, 0.1) is 16.8 Å². The quantitative estimate of drug-likeness (QED) is 0.741. The van der Waals surface area contributed by atoms with E-state index in [2.05, 4.69) is 11.1 Å². The van der Waals surface area contributed by atoms with Crippen molar-refractivity contribution in [2.45, 2.75) is 19.8 Å². The van der Waals surface area contributed by atoms with Crippen LogP contribution in [0.3, 0.4) is 0 Å². The molecule has 0 aliphatic carbocycles. The Labute approximate surface area is 140 Å². The Kier molecular flexibility index (Phi) is 3.45. The maximum absolute atomic E-state index is 13.1. The molecule has 0 spiro atoms. The van der Waals surface area contributed by atoms with Crippen LogP contribution in [0.1, 0.15) is 27.9 Å². The lowest BCUT2D eigenvalue weighted by Gasteiger charge is -2.31. The van der Waals surface area contributed by atoms with Gasteiger partial charge in [0.25, 0.3) is 5.91 Å². The Morgan fingerprint density at radius 2 is 2.08 bits per heavy atom. The molecule has 120 valence electrons. The molecule has 1 amide bonds. The van der Waals surface area contributed by atoms with E-state index in [-0.39, 0.29) is 11.7 Å². The highest BCUT2D eigenvalue weighted by atomic mass is 16.3. The molecule has 3 aromatic rings. The fourth-order valence-electron chi connectivity index (χ4n) is 3.48. The fourth-order valence-corrected chi connectivity index (χ4v) is 3.48. The molecule has 0 saturated carbocycles. The highest BCUT2D eigenvalue weighted by Gasteiger charge is 2.26. The van der Waals surface area contributed by atoms with Gasteiger partial charge in [-0.2, -0.15) is 0 Å². The van der Waals surface area contributed by atoms with Crippen molar-refractivity contribution in [2.75, 3.05) is 11.4 Å². The monoisotopic (exact) mass is 318 g/mol. The van der Waals surface area contributed by atoms with Gasteiger partial charge in [-0.15, -0.1) is 0 Å². The number of para-hydroxylation sites is 1. The summed E-state index contributed by atoms with van der Waals surface area (Å²) in [6.45, 7) is 2.68. The number of hydrogen-bond acceptors (Lipinski definition) is 3. The zero-order valence-corrected chi connectivity index (χ0v) is 13.5. The van der Waals surface area contributed by atoms with E-state index in [4.69, 9.17) is 0 Å². The largest absolute Gasteiger partial charge is 0.507 e. The number of aromatic nitrogens is 1. The molecule has 0 radical (unpaired) electrons. The molecular formula is C20H18N2O2. The zero-order valence-electron chi connectivity index (χ0n) is 13.5. The minimum atomic E-state index is -0.171. The number of benzene rings is 2. The minimum Gasteiger partial charge on any atom is -0.507 e. The third-order valence-electron chi connectivity index (χ3n) is 4.62. The highest BCUT2D eigenvalue weighted by molar-refractivity contribution is 6.10. The van der Waals surface area contributed by atoms with Crippen molar-refractivity contribution in [3.8, 4) is 5.75 Å². The van der Waals surface area contributed by atoms with Crippen LogP contribution in [-0.4, -0.2) is 22.5 Å². The first kappa shape index (κ1) is 14.7. The van der Waals surface area contributed by atoms with Crippen LogP contribution < -0.4 is 4.90 Å². The van der Waals surface area contributed by atoms with Gasteiger partial charge < -0.3 is 10.0 Å². The van der Waals surface area contributed by atoms with Gasteiger partial charge in [-0.3, -0.25) is 9.78 Å². The summed E-state index contributed by atoms with van der Waals surface area (Å²) in [5.74, 6) is -0.170. The van der Waals surface area contributed by atoms with Crippen molar-refractivity contribution in [1.29, 1.82) is 0 Å². The molecule has 0 bridgehead atoms. The second-order valence-corrected chi connectivity index (χ2v) is 6.21. The van der Waals surface area contributed by atoms with E-state index in [9.17, 15) is 9.90 Å². The predicted molar refractivity (Wildman–Crippen MR) is 94.6 cm³/mol. The minimum absolute atomic E-state index is 0.00112. The zero-order chi connectivity index (χ0) is 16.7. The van der Waals surface area contributed by atoms with E-state index in [1.54, 1.807) is 23.2 Å². The molecular weight excluding hydrogens is 300 g/mol. The third-order valence-corrected chi connectivity index (χ3v) is 4.62. The molecule has 1 aliphatic heterocycles. The molecule has 2 aromatic carbocycles. The van der Waals surface area contributed by atoms with Crippen molar-refractivity contribution in [3.63, 3.8) is 0 Å². The Bertz CT molecular complexity index is 950. The summed E-state index contributed by atoms with van der Waals surface area (Å²) < 4.78 is 0. The highest BCUT2D eigenvalue weighted by Crippen LogP contribution is 2.33. The van der Waals surface area contributed by atoms with E-state index >= 15 is 0 Å². The van der Waals surface area contributed by atoms with Gasteiger partial charge in [-0.25, -0.2) is 0 Å². The van der Waals surface area contributed by atoms with Crippen LogP contribution in [0.25, 0.3) is 10.9 Å². The average Bonchev–Trinajstić information content (AvgIpc) is 2.60. The topological polar surface area (TPSA) is 53.4 Å². The first-order valence-electron chi connectivity index (χ1n) is 8.13. The molecule has 0 fully saturated rings. The Balaban J connectivity index is 1.82. The van der Waals surface area contributed by atoms with Crippen molar-refractivity contribution in [1.82, 2.24) is 4.98 Å². The van der Waals surface area contributed by atoms with Gasteiger partial charge in [0.1, 0.15) is 5.75 Å². The van der Waals surface area contributed by atoms with Crippen LogP contribution >= 0.6 is 0 Å². The number of pyridine rings is 1. The van der Waals surface area contributed by atoms with Crippen LogP contribution in [0.5, 0.6) is 5.75 Å². The lowest BCUT2D eigenvalue weighted by Crippen LogP contribution is -2.36. The summed E-state index contributed by atoms with van der Waals surface area (Å²) in [4.78, 5) is 19.2. The molecule has 0 atom stereocenters. The number of aryl methyl sites for hydroxylation is 2. The van der Waals surface area contributed by atoms with Gasteiger partial charge in [0, 0.05) is 18.1 Å². The SMILES string of the molecule is Cc1cccc2c1N(C(=O)c1cc3ncccc3cc1O)CCC2. The second kappa shape index (κ2) is 5.64. The summed E-state index contributed by atoms with van der Waals surface area (Å²) >= 11 is 0. The van der Waals surface area contributed by atoms with Gasteiger partial charge in [0.15, 0.2) is 0 Å². The van der Waals surface area contributed by atoms with Crippen molar-refractivity contribution >= 4 is 22.5 Å². The fraction of sp³-hybridized carbons (Fsp3) is 0.200. The Morgan fingerprint density at radius 1 is 1.21 bits per heavy atom. The van der Waals surface area contributed by atoms with Crippen LogP contribution in [0.4, 0.5) is 5.69 Å². The normalized spacial score (nSPS) is 13.8. The van der Waals surface area contributed by atoms with Crippen LogP contribution in [0, 0.1) is 6.92 Å². The number of fused-ring (bicyclic) bond motifs is 2. The molecule has 0 unspecified atom stereocenters. The number of aromatic hydroxyl groups is 1. The average molecular weight is 318 g/mol. The Hall–Kier alpha value is -2.88. The van der Waals surface area contributed by atoms with Crippen molar-refractivity contribution in [2.24, 2.45) is 0 Å². The predicted octanol–water partition coefficient (Wildman–Crippen LogP) is 3.84. The molecule has 1 aliphatic rings. The number of carbonyl (C=O) groups is 1. The van der Waals surface area contributed by atoms with Gasteiger partial charge in [-0.05, 0) is 49.1 Å². The number of carbonyl (C=O) groups excluding carboxylic acids is 1. The van der Waals surface area contributed by atoms with Gasteiger partial charge >= 0.3 is 0 Å². The number of phenols is 1. The summed E-state index contributed by atoms with van der Waals surface area (Å²) in [6, 6.07) is 13.1. The summed E-state index contributed by atoms with van der Waals surface area (Å²) in [7, 11) is 0. The van der Waals surface area contributed by atoms with Gasteiger partial charge in [0.2, 0.25) is 0 Å². The van der Waals surface area contributed by atoms with Gasteiger partial charge in [-0.1, -0.05) is 24.3 Å². The first-order chi connectivity index (χ1) is 11.6. The molecule has 1 aromatic heterocycles. The van der Waals surface area contributed by atoms with E-state index < -0.39 is 0 Å². The summed E-state index contributed by atoms with van der Waals surface area (Å²) in [5.41, 5.74) is 4.26. The smallest absolute Gasteiger partial charge is 0.262 e. The third kappa shape index (κ3) is 2.31. The molecule has 1 N–H and O–H groups in total. The maximum atomic E-state index is 13.1. The number of nitrogens with zero attached hydrogens (tertiary/aromatic N) is 2. The number of phenolic OH excluding ortho intramolecular Hbond substituents is 1.